The number of rotatable bonds is 3. The van der Waals surface area contributed by atoms with Crippen LogP contribution in [0.5, 0.6) is 0 Å². The van der Waals surface area contributed by atoms with Crippen molar-refractivity contribution >= 4 is 27.1 Å². The number of pyridine rings is 1. The first-order valence-corrected chi connectivity index (χ1v) is 7.25. The van der Waals surface area contributed by atoms with E-state index in [1.54, 1.807) is 6.20 Å². The molecule has 1 unspecified atom stereocenters. The lowest BCUT2D eigenvalue weighted by atomic mass is 9.82. The molecule has 2 aromatic heterocycles. The third kappa shape index (κ3) is 1.95. The topological polar surface area (TPSA) is 53.6 Å². The van der Waals surface area contributed by atoms with E-state index in [1.165, 1.54) is 12.8 Å². The molecule has 0 saturated carbocycles. The van der Waals surface area contributed by atoms with E-state index in [0.29, 0.717) is 0 Å². The van der Waals surface area contributed by atoms with E-state index < -0.39 is 0 Å². The minimum Gasteiger partial charge on any atom is -0.340 e. The minimum absolute atomic E-state index is 0.169. The maximum absolute atomic E-state index is 4.70. The summed E-state index contributed by atoms with van der Waals surface area (Å²) in [6, 6.07) is 2.04. The van der Waals surface area contributed by atoms with Crippen molar-refractivity contribution in [3.05, 3.63) is 22.6 Å². The maximum atomic E-state index is 4.70. The second kappa shape index (κ2) is 4.63. The van der Waals surface area contributed by atoms with Gasteiger partial charge >= 0.3 is 0 Å². The standard InChI is InChI=1S/C13H17BrN4/c1-2-3-13(4-5-15-8-13)12-17-10-6-9(14)7-16-11(10)18-12/h6-7,15H,2-5,8H2,1H3,(H,16,17,18). The number of hydrogen-bond acceptors (Lipinski definition) is 3. The van der Waals surface area contributed by atoms with Gasteiger partial charge in [0.05, 0.1) is 5.52 Å². The predicted molar refractivity (Wildman–Crippen MR) is 75.7 cm³/mol. The summed E-state index contributed by atoms with van der Waals surface area (Å²) < 4.78 is 0.985. The summed E-state index contributed by atoms with van der Waals surface area (Å²) in [6.07, 6.45) is 5.30. The molecule has 0 bridgehead atoms. The highest BCUT2D eigenvalue weighted by Gasteiger charge is 2.37. The summed E-state index contributed by atoms with van der Waals surface area (Å²) in [5.41, 5.74) is 2.00. The number of aromatic amines is 1. The number of halogens is 1. The number of nitrogens with zero attached hydrogens (tertiary/aromatic N) is 2. The summed E-state index contributed by atoms with van der Waals surface area (Å²) in [6.45, 7) is 4.33. The van der Waals surface area contributed by atoms with E-state index in [-0.39, 0.29) is 5.41 Å². The molecule has 0 spiro atoms. The smallest absolute Gasteiger partial charge is 0.177 e. The molecule has 2 N–H and O–H groups in total. The van der Waals surface area contributed by atoms with Crippen LogP contribution in [0.2, 0.25) is 0 Å². The summed E-state index contributed by atoms with van der Waals surface area (Å²) >= 11 is 3.45. The van der Waals surface area contributed by atoms with Gasteiger partial charge in [-0.3, -0.25) is 0 Å². The van der Waals surface area contributed by atoms with Gasteiger partial charge in [-0.2, -0.15) is 0 Å². The van der Waals surface area contributed by atoms with Gasteiger partial charge in [0.1, 0.15) is 5.82 Å². The molecule has 5 heteroatoms. The van der Waals surface area contributed by atoms with Crippen LogP contribution in [-0.2, 0) is 5.41 Å². The zero-order valence-corrected chi connectivity index (χ0v) is 12.0. The Kier molecular flexibility index (Phi) is 3.11. The second-order valence-electron chi connectivity index (χ2n) is 5.07. The van der Waals surface area contributed by atoms with Crippen LogP contribution < -0.4 is 5.32 Å². The second-order valence-corrected chi connectivity index (χ2v) is 5.98. The quantitative estimate of drug-likeness (QED) is 0.916. The van der Waals surface area contributed by atoms with E-state index in [1.807, 2.05) is 6.07 Å². The lowest BCUT2D eigenvalue weighted by Gasteiger charge is -2.25. The highest BCUT2D eigenvalue weighted by atomic mass is 79.9. The molecular weight excluding hydrogens is 292 g/mol. The molecule has 0 aromatic carbocycles. The van der Waals surface area contributed by atoms with Gasteiger partial charge in [0, 0.05) is 22.6 Å². The van der Waals surface area contributed by atoms with Gasteiger partial charge in [0.2, 0.25) is 0 Å². The Labute approximate surface area is 115 Å². The monoisotopic (exact) mass is 308 g/mol. The Balaban J connectivity index is 2.06. The van der Waals surface area contributed by atoms with Crippen LogP contribution in [-0.4, -0.2) is 28.0 Å². The largest absolute Gasteiger partial charge is 0.340 e. The van der Waals surface area contributed by atoms with Gasteiger partial charge in [-0.15, -0.1) is 0 Å². The van der Waals surface area contributed by atoms with Crippen LogP contribution in [0.1, 0.15) is 32.0 Å². The third-order valence-corrected chi connectivity index (χ3v) is 4.21. The molecule has 3 heterocycles. The molecule has 1 saturated heterocycles. The van der Waals surface area contributed by atoms with Crippen molar-refractivity contribution in [3.63, 3.8) is 0 Å². The molecule has 18 heavy (non-hydrogen) atoms. The van der Waals surface area contributed by atoms with Crippen LogP contribution in [0.4, 0.5) is 0 Å². The molecule has 96 valence electrons. The molecule has 3 rings (SSSR count). The van der Waals surface area contributed by atoms with Crippen molar-refractivity contribution in [1.82, 2.24) is 20.3 Å². The minimum atomic E-state index is 0.169. The third-order valence-electron chi connectivity index (χ3n) is 3.78. The van der Waals surface area contributed by atoms with Crippen molar-refractivity contribution < 1.29 is 0 Å². The molecule has 4 nitrogen and oxygen atoms in total. The number of nitrogens with one attached hydrogen (secondary N) is 2. The Morgan fingerprint density at radius 3 is 3.11 bits per heavy atom. The van der Waals surface area contributed by atoms with Crippen LogP contribution in [0, 0.1) is 0 Å². The van der Waals surface area contributed by atoms with Crippen molar-refractivity contribution in [2.24, 2.45) is 0 Å². The number of fused-ring (bicyclic) bond motifs is 1. The molecule has 2 aromatic rings. The Morgan fingerprint density at radius 1 is 1.50 bits per heavy atom. The maximum Gasteiger partial charge on any atom is 0.177 e. The van der Waals surface area contributed by atoms with Crippen LogP contribution in [0.3, 0.4) is 0 Å². The molecular formula is C13H17BrN4. The van der Waals surface area contributed by atoms with Gasteiger partial charge in [-0.05, 0) is 41.4 Å². The summed E-state index contributed by atoms with van der Waals surface area (Å²) in [5.74, 6) is 1.09. The van der Waals surface area contributed by atoms with Crippen molar-refractivity contribution in [2.75, 3.05) is 13.1 Å². The Morgan fingerprint density at radius 2 is 2.39 bits per heavy atom. The molecule has 0 radical (unpaired) electrons. The summed E-state index contributed by atoms with van der Waals surface area (Å²) in [4.78, 5) is 12.5. The highest BCUT2D eigenvalue weighted by Crippen LogP contribution is 2.34. The molecule has 1 atom stereocenters. The first-order valence-electron chi connectivity index (χ1n) is 6.46. The first-order chi connectivity index (χ1) is 8.73. The van der Waals surface area contributed by atoms with E-state index in [4.69, 9.17) is 4.98 Å². The molecule has 0 amide bonds. The van der Waals surface area contributed by atoms with E-state index in [0.717, 1.165) is 41.0 Å². The van der Waals surface area contributed by atoms with E-state index >= 15 is 0 Å². The summed E-state index contributed by atoms with van der Waals surface area (Å²) in [5, 5.41) is 3.46. The molecule has 0 aliphatic carbocycles. The normalized spacial score (nSPS) is 23.9. The Bertz CT molecular complexity index is 557. The number of aromatic nitrogens is 3. The van der Waals surface area contributed by atoms with Crippen molar-refractivity contribution in [1.29, 1.82) is 0 Å². The van der Waals surface area contributed by atoms with Gasteiger partial charge in [0.25, 0.3) is 0 Å². The van der Waals surface area contributed by atoms with Gasteiger partial charge in [-0.25, -0.2) is 9.97 Å². The molecule has 1 aliphatic heterocycles. The van der Waals surface area contributed by atoms with Crippen LogP contribution in [0.25, 0.3) is 11.2 Å². The fourth-order valence-corrected chi connectivity index (χ4v) is 3.21. The molecule has 1 fully saturated rings. The van der Waals surface area contributed by atoms with E-state index in [2.05, 4.69) is 38.1 Å². The highest BCUT2D eigenvalue weighted by molar-refractivity contribution is 9.10. The van der Waals surface area contributed by atoms with Gasteiger partial charge in [0.15, 0.2) is 5.65 Å². The lowest BCUT2D eigenvalue weighted by molar-refractivity contribution is 0.406. The van der Waals surface area contributed by atoms with Gasteiger partial charge < -0.3 is 10.3 Å². The lowest BCUT2D eigenvalue weighted by Crippen LogP contribution is -2.30. The van der Waals surface area contributed by atoms with E-state index in [9.17, 15) is 0 Å². The van der Waals surface area contributed by atoms with Crippen LogP contribution in [0.15, 0.2) is 16.7 Å². The summed E-state index contributed by atoms with van der Waals surface area (Å²) in [7, 11) is 0. The average molecular weight is 309 g/mol. The van der Waals surface area contributed by atoms with Crippen LogP contribution >= 0.6 is 15.9 Å². The zero-order valence-electron chi connectivity index (χ0n) is 10.5. The molecule has 1 aliphatic rings. The predicted octanol–water partition coefficient (Wildman–Crippen LogP) is 2.75. The fourth-order valence-electron chi connectivity index (χ4n) is 2.88. The number of hydrogen-bond donors (Lipinski definition) is 2. The average Bonchev–Trinajstić information content (AvgIpc) is 2.95. The fraction of sp³-hybridized carbons (Fsp3) is 0.538. The zero-order chi connectivity index (χ0) is 12.6. The van der Waals surface area contributed by atoms with Crippen molar-refractivity contribution in [2.45, 2.75) is 31.6 Å². The van der Waals surface area contributed by atoms with Gasteiger partial charge in [-0.1, -0.05) is 13.3 Å². The SMILES string of the molecule is CCCC1(c2nc3ncc(Br)cc3[nH]2)CCNC1. The number of H-pyrrole nitrogens is 1. The Hall–Kier alpha value is -0.940. The van der Waals surface area contributed by atoms with Crippen molar-refractivity contribution in [3.8, 4) is 0 Å². The first kappa shape index (κ1) is 12.1. The number of imidazole rings is 1.